The highest BCUT2D eigenvalue weighted by molar-refractivity contribution is 5.75. The molecule has 1 amide bonds. The molecule has 1 aromatic carbocycles. The number of fused-ring (bicyclic) bond motifs is 1. The lowest BCUT2D eigenvalue weighted by molar-refractivity contribution is -0.121. The van der Waals surface area contributed by atoms with E-state index in [1.807, 2.05) is 0 Å². The van der Waals surface area contributed by atoms with E-state index in [0.29, 0.717) is 6.42 Å². The van der Waals surface area contributed by atoms with Gasteiger partial charge in [0, 0.05) is 6.42 Å². The third-order valence-electron chi connectivity index (χ3n) is 3.19. The quantitative estimate of drug-likeness (QED) is 0.457. The van der Waals surface area contributed by atoms with Crippen LogP contribution in [0.15, 0.2) is 18.2 Å². The van der Waals surface area contributed by atoms with E-state index in [1.165, 1.54) is 36.0 Å². The van der Waals surface area contributed by atoms with Crippen LogP contribution in [0.5, 0.6) is 0 Å². The van der Waals surface area contributed by atoms with E-state index in [9.17, 15) is 4.79 Å². The Morgan fingerprint density at radius 2 is 2.12 bits per heavy atom. The molecule has 3 heteroatoms. The first-order valence-electron chi connectivity index (χ1n) is 5.90. The third kappa shape index (κ3) is 2.61. The van der Waals surface area contributed by atoms with Crippen LogP contribution < -0.4 is 11.3 Å². The molecule has 1 aliphatic rings. The lowest BCUT2D eigenvalue weighted by Gasteiger charge is -2.04. The van der Waals surface area contributed by atoms with Crippen molar-refractivity contribution in [2.24, 2.45) is 5.84 Å². The van der Waals surface area contributed by atoms with Crippen LogP contribution in [0.3, 0.4) is 0 Å². The molecule has 3 nitrogen and oxygen atoms in total. The van der Waals surface area contributed by atoms with Crippen LogP contribution >= 0.6 is 0 Å². The summed E-state index contributed by atoms with van der Waals surface area (Å²) in [6.45, 7) is 0. The van der Waals surface area contributed by atoms with E-state index >= 15 is 0 Å². The Hall–Kier alpha value is -1.35. The summed E-state index contributed by atoms with van der Waals surface area (Å²) in [6, 6.07) is 6.72. The molecule has 1 aromatic rings. The number of carbonyl (C=O) groups is 1. The van der Waals surface area contributed by atoms with E-state index in [0.717, 1.165) is 12.8 Å². The summed E-state index contributed by atoms with van der Waals surface area (Å²) in [4.78, 5) is 11.0. The Morgan fingerprint density at radius 3 is 2.94 bits per heavy atom. The molecule has 3 N–H and O–H groups in total. The molecule has 0 atom stereocenters. The fraction of sp³-hybridized carbons (Fsp3) is 0.462. The number of nitrogens with two attached hydrogens (primary N) is 1. The monoisotopic (exact) mass is 218 g/mol. The van der Waals surface area contributed by atoms with Gasteiger partial charge >= 0.3 is 0 Å². The van der Waals surface area contributed by atoms with Crippen LogP contribution in [0.1, 0.15) is 36.0 Å². The number of aryl methyl sites for hydroxylation is 3. The van der Waals surface area contributed by atoms with Gasteiger partial charge in [0.1, 0.15) is 0 Å². The molecule has 0 aliphatic heterocycles. The fourth-order valence-electron chi connectivity index (χ4n) is 2.31. The van der Waals surface area contributed by atoms with Crippen molar-refractivity contribution in [2.75, 3.05) is 0 Å². The predicted molar refractivity (Wildman–Crippen MR) is 63.7 cm³/mol. The van der Waals surface area contributed by atoms with E-state index in [2.05, 4.69) is 23.6 Å². The molecule has 0 aromatic heterocycles. The van der Waals surface area contributed by atoms with Crippen LogP contribution in [0.25, 0.3) is 0 Å². The summed E-state index contributed by atoms with van der Waals surface area (Å²) in [6.07, 6.45) is 6.06. The number of rotatable bonds is 4. The molecule has 0 saturated carbocycles. The minimum atomic E-state index is -0.0823. The van der Waals surface area contributed by atoms with Crippen molar-refractivity contribution in [2.45, 2.75) is 38.5 Å². The third-order valence-corrected chi connectivity index (χ3v) is 3.19. The SMILES string of the molecule is NNC(=O)CCCc1ccc2c(c1)CCC2. The topological polar surface area (TPSA) is 55.1 Å². The first kappa shape index (κ1) is 11.1. The normalized spacial score (nSPS) is 13.6. The first-order chi connectivity index (χ1) is 7.79. The number of nitrogens with one attached hydrogen (secondary N) is 1. The summed E-state index contributed by atoms with van der Waals surface area (Å²) in [5.74, 6) is 4.94. The summed E-state index contributed by atoms with van der Waals surface area (Å²) in [7, 11) is 0. The number of hydrazine groups is 1. The van der Waals surface area contributed by atoms with Crippen molar-refractivity contribution < 1.29 is 4.79 Å². The standard InChI is InChI=1S/C13H18N2O/c14-15-13(16)6-1-3-10-7-8-11-4-2-5-12(11)9-10/h7-9H,1-6,14H2,(H,15,16). The zero-order valence-electron chi connectivity index (χ0n) is 9.46. The molecule has 2 rings (SSSR count). The first-order valence-corrected chi connectivity index (χ1v) is 5.90. The van der Waals surface area contributed by atoms with E-state index < -0.39 is 0 Å². The lowest BCUT2D eigenvalue weighted by Crippen LogP contribution is -2.29. The second-order valence-corrected chi connectivity index (χ2v) is 4.38. The van der Waals surface area contributed by atoms with Gasteiger partial charge in [-0.15, -0.1) is 0 Å². The summed E-state index contributed by atoms with van der Waals surface area (Å²) in [5.41, 5.74) is 6.50. The molecule has 0 radical (unpaired) electrons. The zero-order chi connectivity index (χ0) is 11.4. The molecular formula is C13H18N2O. The highest BCUT2D eigenvalue weighted by Crippen LogP contribution is 2.23. The zero-order valence-corrected chi connectivity index (χ0v) is 9.46. The molecule has 1 aliphatic carbocycles. The maximum absolute atomic E-state index is 11.0. The van der Waals surface area contributed by atoms with E-state index in [4.69, 9.17) is 5.84 Å². The molecule has 0 heterocycles. The van der Waals surface area contributed by atoms with Gasteiger partial charge in [-0.1, -0.05) is 18.2 Å². The van der Waals surface area contributed by atoms with Crippen LogP contribution in [-0.4, -0.2) is 5.91 Å². The maximum Gasteiger partial charge on any atom is 0.233 e. The van der Waals surface area contributed by atoms with Crippen molar-refractivity contribution in [1.82, 2.24) is 5.43 Å². The average molecular weight is 218 g/mol. The van der Waals surface area contributed by atoms with Gasteiger partial charge in [0.2, 0.25) is 5.91 Å². The fourth-order valence-corrected chi connectivity index (χ4v) is 2.31. The molecule has 0 spiro atoms. The minimum absolute atomic E-state index is 0.0823. The minimum Gasteiger partial charge on any atom is -0.294 e. The van der Waals surface area contributed by atoms with E-state index in [1.54, 1.807) is 0 Å². The van der Waals surface area contributed by atoms with E-state index in [-0.39, 0.29) is 5.91 Å². The number of hydrogen-bond donors (Lipinski definition) is 2. The van der Waals surface area contributed by atoms with Crippen molar-refractivity contribution in [1.29, 1.82) is 0 Å². The molecule has 0 saturated heterocycles. The summed E-state index contributed by atoms with van der Waals surface area (Å²) < 4.78 is 0. The Balaban J connectivity index is 1.88. The van der Waals surface area contributed by atoms with Gasteiger partial charge in [-0.2, -0.15) is 0 Å². The van der Waals surface area contributed by atoms with Gasteiger partial charge in [-0.3, -0.25) is 10.2 Å². The van der Waals surface area contributed by atoms with Gasteiger partial charge in [-0.05, 0) is 48.8 Å². The molecule has 0 fully saturated rings. The second kappa shape index (κ2) is 5.12. The Labute approximate surface area is 96.0 Å². The van der Waals surface area contributed by atoms with Crippen molar-refractivity contribution >= 4 is 5.91 Å². The average Bonchev–Trinajstić information content (AvgIpc) is 2.76. The van der Waals surface area contributed by atoms with Crippen LogP contribution in [0.4, 0.5) is 0 Å². The predicted octanol–water partition coefficient (Wildman–Crippen LogP) is 1.49. The number of hydrogen-bond acceptors (Lipinski definition) is 2. The highest BCUT2D eigenvalue weighted by atomic mass is 16.2. The van der Waals surface area contributed by atoms with Gasteiger partial charge in [0.05, 0.1) is 0 Å². The number of carbonyl (C=O) groups excluding carboxylic acids is 1. The Kier molecular flexibility index (Phi) is 3.57. The number of benzene rings is 1. The largest absolute Gasteiger partial charge is 0.294 e. The number of amides is 1. The summed E-state index contributed by atoms with van der Waals surface area (Å²) >= 11 is 0. The van der Waals surface area contributed by atoms with Gasteiger partial charge in [0.25, 0.3) is 0 Å². The molecule has 0 bridgehead atoms. The summed E-state index contributed by atoms with van der Waals surface area (Å²) in [5, 5.41) is 0. The smallest absolute Gasteiger partial charge is 0.233 e. The molecule has 16 heavy (non-hydrogen) atoms. The molecule has 0 unspecified atom stereocenters. The van der Waals surface area contributed by atoms with Crippen LogP contribution in [0.2, 0.25) is 0 Å². The molecular weight excluding hydrogens is 200 g/mol. The Morgan fingerprint density at radius 1 is 1.31 bits per heavy atom. The van der Waals surface area contributed by atoms with Crippen LogP contribution in [0, 0.1) is 0 Å². The Bertz CT molecular complexity index is 388. The second-order valence-electron chi connectivity index (χ2n) is 4.38. The highest BCUT2D eigenvalue weighted by Gasteiger charge is 2.10. The lowest BCUT2D eigenvalue weighted by atomic mass is 10.0. The molecule has 86 valence electrons. The van der Waals surface area contributed by atoms with Crippen molar-refractivity contribution in [3.63, 3.8) is 0 Å². The maximum atomic E-state index is 11.0. The van der Waals surface area contributed by atoms with Crippen LogP contribution in [-0.2, 0) is 24.1 Å². The van der Waals surface area contributed by atoms with Gasteiger partial charge < -0.3 is 0 Å². The van der Waals surface area contributed by atoms with Crippen molar-refractivity contribution in [3.05, 3.63) is 34.9 Å². The van der Waals surface area contributed by atoms with Gasteiger partial charge in [0.15, 0.2) is 0 Å². The van der Waals surface area contributed by atoms with Gasteiger partial charge in [-0.25, -0.2) is 5.84 Å². The van der Waals surface area contributed by atoms with Crippen molar-refractivity contribution in [3.8, 4) is 0 Å².